The minimum atomic E-state index is 0.599. The number of aromatic nitrogens is 2. The lowest BCUT2D eigenvalue weighted by Gasteiger charge is -2.08. The summed E-state index contributed by atoms with van der Waals surface area (Å²) in [6, 6.07) is 0.599. The van der Waals surface area contributed by atoms with E-state index in [-0.39, 0.29) is 0 Å². The van der Waals surface area contributed by atoms with Crippen molar-refractivity contribution in [3.8, 4) is 0 Å². The summed E-state index contributed by atoms with van der Waals surface area (Å²) in [5.74, 6) is 0.981. The molecule has 1 unspecified atom stereocenters. The number of nitrogens with one attached hydrogen (secondary N) is 1. The van der Waals surface area contributed by atoms with Crippen molar-refractivity contribution in [1.82, 2.24) is 15.3 Å². The predicted molar refractivity (Wildman–Crippen MR) is 60.8 cm³/mol. The van der Waals surface area contributed by atoms with Gasteiger partial charge in [0.15, 0.2) is 0 Å². The molecule has 2 rings (SSSR count). The Kier molecular flexibility index (Phi) is 3.67. The summed E-state index contributed by atoms with van der Waals surface area (Å²) in [5, 5.41) is 3.46. The normalized spacial score (nSPS) is 20.7. The molecule has 0 bridgehead atoms. The summed E-state index contributed by atoms with van der Waals surface area (Å²) >= 11 is 0. The highest BCUT2D eigenvalue weighted by atomic mass is 15.0. The molecule has 82 valence electrons. The van der Waals surface area contributed by atoms with E-state index in [0.29, 0.717) is 6.04 Å². The van der Waals surface area contributed by atoms with E-state index in [1.54, 1.807) is 0 Å². The van der Waals surface area contributed by atoms with Crippen LogP contribution >= 0.6 is 0 Å². The first-order valence-electron chi connectivity index (χ1n) is 5.91. The lowest BCUT2D eigenvalue weighted by molar-refractivity contribution is 0.584. The Morgan fingerprint density at radius 3 is 2.80 bits per heavy atom. The van der Waals surface area contributed by atoms with Gasteiger partial charge in [0.2, 0.25) is 0 Å². The zero-order valence-electron chi connectivity index (χ0n) is 9.37. The zero-order chi connectivity index (χ0) is 10.5. The molecule has 0 amide bonds. The van der Waals surface area contributed by atoms with Crippen LogP contribution < -0.4 is 5.32 Å². The third kappa shape index (κ3) is 2.99. The number of aryl methyl sites for hydroxylation is 1. The van der Waals surface area contributed by atoms with Crippen molar-refractivity contribution in [2.75, 3.05) is 6.54 Å². The second kappa shape index (κ2) is 5.21. The van der Waals surface area contributed by atoms with Crippen LogP contribution in [-0.2, 0) is 12.8 Å². The van der Waals surface area contributed by atoms with Gasteiger partial charge in [0.05, 0.1) is 0 Å². The predicted octanol–water partition coefficient (Wildman–Crippen LogP) is 1.72. The van der Waals surface area contributed by atoms with Gasteiger partial charge < -0.3 is 5.32 Å². The molecule has 1 fully saturated rings. The molecule has 2 heterocycles. The van der Waals surface area contributed by atoms with Crippen LogP contribution in [0.5, 0.6) is 0 Å². The summed E-state index contributed by atoms with van der Waals surface area (Å²) in [6.07, 6.45) is 9.72. The van der Waals surface area contributed by atoms with E-state index in [1.807, 2.05) is 12.4 Å². The molecule has 0 aromatic carbocycles. The molecule has 15 heavy (non-hydrogen) atoms. The minimum Gasteiger partial charge on any atom is -0.314 e. The van der Waals surface area contributed by atoms with Crippen molar-refractivity contribution < 1.29 is 0 Å². The third-order valence-corrected chi connectivity index (χ3v) is 2.89. The number of hydrogen-bond donors (Lipinski definition) is 1. The van der Waals surface area contributed by atoms with Gasteiger partial charge in [0.25, 0.3) is 0 Å². The average molecular weight is 205 g/mol. The fourth-order valence-corrected chi connectivity index (χ4v) is 2.06. The average Bonchev–Trinajstić information content (AvgIpc) is 2.74. The fraction of sp³-hybridized carbons (Fsp3) is 0.667. The number of rotatable bonds is 4. The molecular weight excluding hydrogens is 186 g/mol. The van der Waals surface area contributed by atoms with Gasteiger partial charge in [-0.05, 0) is 31.4 Å². The van der Waals surface area contributed by atoms with Crippen LogP contribution in [-0.4, -0.2) is 22.6 Å². The van der Waals surface area contributed by atoms with Crippen LogP contribution in [0.4, 0.5) is 0 Å². The second-order valence-electron chi connectivity index (χ2n) is 4.25. The monoisotopic (exact) mass is 205 g/mol. The van der Waals surface area contributed by atoms with Crippen LogP contribution in [0.15, 0.2) is 12.4 Å². The van der Waals surface area contributed by atoms with Crippen molar-refractivity contribution in [3.63, 3.8) is 0 Å². The highest BCUT2D eigenvalue weighted by Crippen LogP contribution is 2.09. The number of nitrogens with zero attached hydrogens (tertiary/aromatic N) is 2. The molecule has 1 aliphatic rings. The van der Waals surface area contributed by atoms with Gasteiger partial charge in [-0.15, -0.1) is 0 Å². The Morgan fingerprint density at radius 2 is 2.20 bits per heavy atom. The maximum atomic E-state index is 4.41. The Morgan fingerprint density at radius 1 is 1.40 bits per heavy atom. The summed E-state index contributed by atoms with van der Waals surface area (Å²) in [6.45, 7) is 3.33. The van der Waals surface area contributed by atoms with Crippen LogP contribution in [0.3, 0.4) is 0 Å². The second-order valence-corrected chi connectivity index (χ2v) is 4.25. The Labute approximate surface area is 91.3 Å². The molecule has 1 saturated heterocycles. The first kappa shape index (κ1) is 10.6. The van der Waals surface area contributed by atoms with Gasteiger partial charge in [-0.2, -0.15) is 0 Å². The Balaban J connectivity index is 1.91. The van der Waals surface area contributed by atoms with E-state index in [2.05, 4.69) is 22.2 Å². The Bertz CT molecular complexity index is 288. The molecule has 0 radical (unpaired) electrons. The fourth-order valence-electron chi connectivity index (χ4n) is 2.06. The summed E-state index contributed by atoms with van der Waals surface area (Å²) in [4.78, 5) is 8.82. The quantitative estimate of drug-likeness (QED) is 0.813. The highest BCUT2D eigenvalue weighted by Gasteiger charge is 2.15. The van der Waals surface area contributed by atoms with Crippen molar-refractivity contribution in [3.05, 3.63) is 23.8 Å². The summed E-state index contributed by atoms with van der Waals surface area (Å²) < 4.78 is 0. The molecule has 1 N–H and O–H groups in total. The molecule has 1 aromatic rings. The summed E-state index contributed by atoms with van der Waals surface area (Å²) in [7, 11) is 0. The lowest BCUT2D eigenvalue weighted by atomic mass is 10.1. The van der Waals surface area contributed by atoms with Gasteiger partial charge in [-0.1, -0.05) is 13.3 Å². The first-order chi connectivity index (χ1) is 7.38. The molecule has 3 nitrogen and oxygen atoms in total. The van der Waals surface area contributed by atoms with Crippen molar-refractivity contribution in [2.24, 2.45) is 0 Å². The lowest BCUT2D eigenvalue weighted by Crippen LogP contribution is -2.24. The van der Waals surface area contributed by atoms with Crippen LogP contribution in [0.1, 0.15) is 37.6 Å². The van der Waals surface area contributed by atoms with Crippen molar-refractivity contribution >= 4 is 0 Å². The smallest absolute Gasteiger partial charge is 0.129 e. The van der Waals surface area contributed by atoms with Gasteiger partial charge in [-0.3, -0.25) is 0 Å². The van der Waals surface area contributed by atoms with E-state index in [9.17, 15) is 0 Å². The van der Waals surface area contributed by atoms with Crippen LogP contribution in [0.25, 0.3) is 0 Å². The SMILES string of the molecule is CCCc1cnc(CC2CCCN2)nc1. The standard InChI is InChI=1S/C12H19N3/c1-2-4-10-8-14-12(15-9-10)7-11-5-3-6-13-11/h8-9,11,13H,2-7H2,1H3. The molecule has 0 aliphatic carbocycles. The van der Waals surface area contributed by atoms with E-state index in [0.717, 1.165) is 31.6 Å². The van der Waals surface area contributed by atoms with E-state index >= 15 is 0 Å². The van der Waals surface area contributed by atoms with E-state index in [4.69, 9.17) is 0 Å². The largest absolute Gasteiger partial charge is 0.314 e. The summed E-state index contributed by atoms with van der Waals surface area (Å²) in [5.41, 5.74) is 1.25. The van der Waals surface area contributed by atoms with Gasteiger partial charge in [0, 0.05) is 24.9 Å². The molecule has 1 aliphatic heterocycles. The van der Waals surface area contributed by atoms with Gasteiger partial charge >= 0.3 is 0 Å². The molecular formula is C12H19N3. The molecule has 1 aromatic heterocycles. The minimum absolute atomic E-state index is 0.599. The topological polar surface area (TPSA) is 37.8 Å². The van der Waals surface area contributed by atoms with E-state index in [1.165, 1.54) is 18.4 Å². The zero-order valence-corrected chi connectivity index (χ0v) is 9.37. The van der Waals surface area contributed by atoms with E-state index < -0.39 is 0 Å². The highest BCUT2D eigenvalue weighted by molar-refractivity contribution is 5.06. The molecule has 0 saturated carbocycles. The molecule has 0 spiro atoms. The first-order valence-corrected chi connectivity index (χ1v) is 5.91. The van der Waals surface area contributed by atoms with Crippen LogP contribution in [0, 0.1) is 0 Å². The number of hydrogen-bond acceptors (Lipinski definition) is 3. The van der Waals surface area contributed by atoms with Crippen molar-refractivity contribution in [2.45, 2.75) is 45.1 Å². The maximum Gasteiger partial charge on any atom is 0.129 e. The maximum absolute atomic E-state index is 4.41. The molecule has 3 heteroatoms. The van der Waals surface area contributed by atoms with Gasteiger partial charge in [0.1, 0.15) is 5.82 Å². The van der Waals surface area contributed by atoms with Crippen molar-refractivity contribution in [1.29, 1.82) is 0 Å². The Hall–Kier alpha value is -0.960. The third-order valence-electron chi connectivity index (χ3n) is 2.89. The molecule has 1 atom stereocenters. The van der Waals surface area contributed by atoms with Crippen LogP contribution in [0.2, 0.25) is 0 Å². The van der Waals surface area contributed by atoms with Gasteiger partial charge in [-0.25, -0.2) is 9.97 Å².